The molecule has 5 heteroatoms. The zero-order chi connectivity index (χ0) is 17.3. The summed E-state index contributed by atoms with van der Waals surface area (Å²) in [6.45, 7) is 6.09. The number of hydrogen-bond acceptors (Lipinski definition) is 4. The van der Waals surface area contributed by atoms with E-state index in [-0.39, 0.29) is 18.9 Å². The molecule has 1 heterocycles. The number of hydrogen-bond donors (Lipinski definition) is 0. The first-order chi connectivity index (χ1) is 11.5. The largest absolute Gasteiger partial charge is 0.426 e. The molecule has 0 aliphatic heterocycles. The minimum atomic E-state index is -0.466. The van der Waals surface area contributed by atoms with Crippen LogP contribution in [0.4, 0.5) is 0 Å². The molecule has 0 amide bonds. The Bertz CT molecular complexity index is 965. The summed E-state index contributed by atoms with van der Waals surface area (Å²) in [5.74, 6) is -0.270. The summed E-state index contributed by atoms with van der Waals surface area (Å²) < 4.78 is 12.1. The van der Waals surface area contributed by atoms with Crippen LogP contribution in [0.15, 0.2) is 45.6 Å². The lowest BCUT2D eigenvalue weighted by Gasteiger charge is -2.11. The number of esters is 1. The van der Waals surface area contributed by atoms with E-state index >= 15 is 0 Å². The molecular formula is C19H19NO4. The van der Waals surface area contributed by atoms with Crippen LogP contribution in [0.1, 0.15) is 23.1 Å². The Morgan fingerprint density at radius 3 is 2.71 bits per heavy atom. The van der Waals surface area contributed by atoms with E-state index in [1.54, 1.807) is 18.2 Å². The lowest BCUT2D eigenvalue weighted by Crippen LogP contribution is -2.19. The second-order valence-electron chi connectivity index (χ2n) is 5.92. The van der Waals surface area contributed by atoms with Gasteiger partial charge in [0.15, 0.2) is 5.58 Å². The summed E-state index contributed by atoms with van der Waals surface area (Å²) in [4.78, 5) is 24.1. The van der Waals surface area contributed by atoms with Gasteiger partial charge in [-0.2, -0.15) is 0 Å². The Kier molecular flexibility index (Phi) is 4.25. The van der Waals surface area contributed by atoms with E-state index in [0.29, 0.717) is 16.8 Å². The van der Waals surface area contributed by atoms with Crippen molar-refractivity contribution in [2.75, 3.05) is 0 Å². The fraction of sp³-hybridized carbons (Fsp3) is 0.263. The van der Waals surface area contributed by atoms with Crippen LogP contribution in [-0.2, 0) is 11.3 Å². The van der Waals surface area contributed by atoms with Crippen molar-refractivity contribution in [1.29, 1.82) is 0 Å². The summed E-state index contributed by atoms with van der Waals surface area (Å²) in [5, 5.41) is 0. The third kappa shape index (κ3) is 3.11. The standard InChI is InChI=1S/C19H19NO4/c1-12-10-13(2)14(3)17(11-12)23-18(21)8-9-20-15-6-4-5-7-16(15)24-19(20)22/h4-7,10-11H,8-9H2,1-3H3. The predicted molar refractivity (Wildman–Crippen MR) is 91.4 cm³/mol. The third-order valence-corrected chi connectivity index (χ3v) is 4.10. The monoisotopic (exact) mass is 325 g/mol. The van der Waals surface area contributed by atoms with Crippen LogP contribution < -0.4 is 10.5 Å². The van der Waals surface area contributed by atoms with E-state index in [9.17, 15) is 9.59 Å². The Labute approximate surface area is 139 Å². The lowest BCUT2D eigenvalue weighted by atomic mass is 10.1. The van der Waals surface area contributed by atoms with Gasteiger partial charge in [-0.15, -0.1) is 0 Å². The highest BCUT2D eigenvalue weighted by atomic mass is 16.5. The Balaban J connectivity index is 1.74. The number of carbonyl (C=O) groups is 1. The van der Waals surface area contributed by atoms with Crippen LogP contribution in [0.5, 0.6) is 5.75 Å². The highest BCUT2D eigenvalue weighted by Crippen LogP contribution is 2.23. The molecule has 0 aliphatic rings. The molecule has 0 saturated carbocycles. The second-order valence-corrected chi connectivity index (χ2v) is 5.92. The van der Waals surface area contributed by atoms with E-state index in [1.807, 2.05) is 39.0 Å². The molecule has 5 nitrogen and oxygen atoms in total. The number of fused-ring (bicyclic) bond motifs is 1. The van der Waals surface area contributed by atoms with Crippen LogP contribution >= 0.6 is 0 Å². The molecule has 0 radical (unpaired) electrons. The summed E-state index contributed by atoms with van der Waals surface area (Å²) in [5.41, 5.74) is 4.26. The van der Waals surface area contributed by atoms with E-state index in [1.165, 1.54) is 4.57 Å². The van der Waals surface area contributed by atoms with Crippen LogP contribution in [0.2, 0.25) is 0 Å². The lowest BCUT2D eigenvalue weighted by molar-refractivity contribution is -0.134. The molecule has 0 unspecified atom stereocenters. The number of aryl methyl sites for hydroxylation is 3. The Hall–Kier alpha value is -2.82. The normalized spacial score (nSPS) is 11.0. The quantitative estimate of drug-likeness (QED) is 0.544. The molecule has 0 atom stereocenters. The first-order valence-electron chi connectivity index (χ1n) is 7.82. The molecule has 3 aromatic rings. The average molecular weight is 325 g/mol. The number of benzene rings is 2. The van der Waals surface area contributed by atoms with Crippen molar-refractivity contribution in [3.8, 4) is 5.75 Å². The molecule has 0 fully saturated rings. The first kappa shape index (κ1) is 16.1. The highest BCUT2D eigenvalue weighted by molar-refractivity contribution is 5.75. The zero-order valence-corrected chi connectivity index (χ0v) is 14.0. The molecular weight excluding hydrogens is 306 g/mol. The van der Waals surface area contributed by atoms with Gasteiger partial charge in [-0.25, -0.2) is 4.79 Å². The summed E-state index contributed by atoms with van der Waals surface area (Å²) in [6, 6.07) is 11.0. The SMILES string of the molecule is Cc1cc(C)c(C)c(OC(=O)CCn2c(=O)oc3ccccc32)c1. The van der Waals surface area contributed by atoms with Crippen LogP contribution in [-0.4, -0.2) is 10.5 Å². The van der Waals surface area contributed by atoms with Gasteiger partial charge in [-0.1, -0.05) is 18.2 Å². The molecule has 0 aliphatic carbocycles. The highest BCUT2D eigenvalue weighted by Gasteiger charge is 2.13. The van der Waals surface area contributed by atoms with Gasteiger partial charge < -0.3 is 9.15 Å². The smallest absolute Gasteiger partial charge is 0.419 e. The minimum absolute atomic E-state index is 0.0931. The average Bonchev–Trinajstić information content (AvgIpc) is 2.85. The van der Waals surface area contributed by atoms with Crippen molar-refractivity contribution < 1.29 is 13.9 Å². The number of para-hydroxylation sites is 2. The minimum Gasteiger partial charge on any atom is -0.426 e. The molecule has 124 valence electrons. The topological polar surface area (TPSA) is 61.4 Å². The van der Waals surface area contributed by atoms with E-state index in [0.717, 1.165) is 16.7 Å². The van der Waals surface area contributed by atoms with Crippen LogP contribution in [0, 0.1) is 20.8 Å². The van der Waals surface area contributed by atoms with Gasteiger partial charge in [-0.3, -0.25) is 9.36 Å². The van der Waals surface area contributed by atoms with Gasteiger partial charge in [-0.05, 0) is 55.7 Å². The van der Waals surface area contributed by atoms with E-state index in [4.69, 9.17) is 9.15 Å². The van der Waals surface area contributed by atoms with Gasteiger partial charge in [0.1, 0.15) is 5.75 Å². The third-order valence-electron chi connectivity index (χ3n) is 4.10. The van der Waals surface area contributed by atoms with Gasteiger partial charge in [0.25, 0.3) is 0 Å². The summed E-state index contributed by atoms with van der Waals surface area (Å²) in [6.07, 6.45) is 0.0931. The summed E-state index contributed by atoms with van der Waals surface area (Å²) >= 11 is 0. The van der Waals surface area contributed by atoms with Gasteiger partial charge >= 0.3 is 11.7 Å². The van der Waals surface area contributed by atoms with Crippen LogP contribution in [0.25, 0.3) is 11.1 Å². The molecule has 0 N–H and O–H groups in total. The molecule has 1 aromatic heterocycles. The molecule has 0 bridgehead atoms. The fourth-order valence-corrected chi connectivity index (χ4v) is 2.71. The van der Waals surface area contributed by atoms with Crippen molar-refractivity contribution in [2.24, 2.45) is 0 Å². The molecule has 3 rings (SSSR count). The predicted octanol–water partition coefficient (Wildman–Crippen LogP) is 3.52. The van der Waals surface area contributed by atoms with Gasteiger partial charge in [0.2, 0.25) is 0 Å². The number of oxazole rings is 1. The zero-order valence-electron chi connectivity index (χ0n) is 14.0. The maximum absolute atomic E-state index is 12.2. The Morgan fingerprint density at radius 2 is 1.92 bits per heavy atom. The van der Waals surface area contributed by atoms with Crippen molar-refractivity contribution in [2.45, 2.75) is 33.7 Å². The summed E-state index contributed by atoms with van der Waals surface area (Å²) in [7, 11) is 0. The number of nitrogens with zero attached hydrogens (tertiary/aromatic N) is 1. The van der Waals surface area contributed by atoms with E-state index < -0.39 is 5.76 Å². The molecule has 24 heavy (non-hydrogen) atoms. The Morgan fingerprint density at radius 1 is 1.17 bits per heavy atom. The maximum Gasteiger partial charge on any atom is 0.419 e. The molecule has 0 spiro atoms. The van der Waals surface area contributed by atoms with Crippen molar-refractivity contribution in [1.82, 2.24) is 4.57 Å². The van der Waals surface area contributed by atoms with Gasteiger partial charge in [0, 0.05) is 6.54 Å². The fourth-order valence-electron chi connectivity index (χ4n) is 2.71. The van der Waals surface area contributed by atoms with E-state index in [2.05, 4.69) is 0 Å². The molecule has 2 aromatic carbocycles. The maximum atomic E-state index is 12.2. The van der Waals surface area contributed by atoms with Crippen molar-refractivity contribution >= 4 is 17.1 Å². The number of aromatic nitrogens is 1. The number of carbonyl (C=O) groups excluding carboxylic acids is 1. The van der Waals surface area contributed by atoms with Crippen LogP contribution in [0.3, 0.4) is 0 Å². The second kappa shape index (κ2) is 6.35. The van der Waals surface area contributed by atoms with Gasteiger partial charge in [0.05, 0.1) is 11.9 Å². The van der Waals surface area contributed by atoms with Crippen molar-refractivity contribution in [3.05, 3.63) is 63.6 Å². The number of rotatable bonds is 4. The van der Waals surface area contributed by atoms with Crippen molar-refractivity contribution in [3.63, 3.8) is 0 Å². The molecule has 0 saturated heterocycles. The first-order valence-corrected chi connectivity index (χ1v) is 7.82. The number of ether oxygens (including phenoxy) is 1.